The van der Waals surface area contributed by atoms with Crippen LogP contribution in [0.15, 0.2) is 51.0 Å². The minimum absolute atomic E-state index is 0.108. The van der Waals surface area contributed by atoms with Crippen molar-refractivity contribution in [1.29, 1.82) is 0 Å². The Hall–Kier alpha value is -1.76. The van der Waals surface area contributed by atoms with E-state index in [1.807, 2.05) is 47.9 Å². The van der Waals surface area contributed by atoms with Crippen LogP contribution in [0.4, 0.5) is 5.13 Å². The lowest BCUT2D eigenvalue weighted by atomic mass is 10.2. The number of carbonyl (C=O) groups excluding carboxylic acids is 2. The Balaban J connectivity index is 1.22. The van der Waals surface area contributed by atoms with Crippen LogP contribution in [-0.2, 0) is 15.3 Å². The fourth-order valence-corrected chi connectivity index (χ4v) is 6.93. The molecule has 0 atom stereocenters. The molecule has 1 aromatic carbocycles. The molecule has 0 unspecified atom stereocenters. The van der Waals surface area contributed by atoms with E-state index in [1.165, 1.54) is 34.9 Å². The molecule has 6 nitrogen and oxygen atoms in total. The highest BCUT2D eigenvalue weighted by molar-refractivity contribution is 8.26. The lowest BCUT2D eigenvalue weighted by molar-refractivity contribution is -0.122. The third-order valence-corrected chi connectivity index (χ3v) is 9.02. The summed E-state index contributed by atoms with van der Waals surface area (Å²) in [5, 5.41) is 14.0. The Kier molecular flexibility index (Phi) is 8.55. The number of carbonyl (C=O) groups is 2. The molecule has 3 aromatic rings. The van der Waals surface area contributed by atoms with Crippen molar-refractivity contribution in [2.75, 3.05) is 11.9 Å². The van der Waals surface area contributed by atoms with Crippen molar-refractivity contribution in [3.63, 3.8) is 0 Å². The van der Waals surface area contributed by atoms with Gasteiger partial charge in [0.05, 0.1) is 4.91 Å². The molecule has 1 aliphatic rings. The summed E-state index contributed by atoms with van der Waals surface area (Å²) < 4.78 is 1.27. The first-order valence-electron chi connectivity index (χ1n) is 9.78. The van der Waals surface area contributed by atoms with E-state index in [1.54, 1.807) is 16.2 Å². The third kappa shape index (κ3) is 6.65. The van der Waals surface area contributed by atoms with E-state index in [0.717, 1.165) is 14.8 Å². The minimum Gasteiger partial charge on any atom is -0.301 e. The fraction of sp³-hybridized carbons (Fsp3) is 0.190. The number of rotatable bonds is 9. The highest BCUT2D eigenvalue weighted by atomic mass is 35.5. The van der Waals surface area contributed by atoms with Gasteiger partial charge in [-0.3, -0.25) is 14.5 Å². The van der Waals surface area contributed by atoms with Gasteiger partial charge >= 0.3 is 0 Å². The van der Waals surface area contributed by atoms with Crippen molar-refractivity contribution in [3.05, 3.63) is 62.1 Å². The second kappa shape index (κ2) is 11.6. The molecule has 1 fully saturated rings. The van der Waals surface area contributed by atoms with Crippen LogP contribution >= 0.6 is 70.0 Å². The standard InChI is InChI=1S/C21H17ClN4O2S5/c22-15-7-2-1-5-13(15)12-31-20-25-24-19(33-20)23-17(27)8-3-9-26-18(28)16(32-21(26)29)11-14-6-4-10-30-14/h1-2,4-7,10-11H,3,8-9,12H2,(H,23,24,27)/b16-11-. The van der Waals surface area contributed by atoms with Crippen LogP contribution in [0, 0.1) is 0 Å². The lowest BCUT2D eigenvalue weighted by Crippen LogP contribution is -2.29. The maximum Gasteiger partial charge on any atom is 0.266 e. The van der Waals surface area contributed by atoms with Gasteiger partial charge in [-0.2, -0.15) is 0 Å². The maximum atomic E-state index is 12.6. The van der Waals surface area contributed by atoms with E-state index in [2.05, 4.69) is 15.5 Å². The molecule has 0 bridgehead atoms. The molecule has 3 heterocycles. The maximum absolute atomic E-state index is 12.6. The molecule has 2 aromatic heterocycles. The van der Waals surface area contributed by atoms with Gasteiger partial charge in [0, 0.05) is 28.6 Å². The highest BCUT2D eigenvalue weighted by Gasteiger charge is 2.31. The van der Waals surface area contributed by atoms with E-state index in [-0.39, 0.29) is 18.2 Å². The molecular weight excluding hydrogens is 536 g/mol. The smallest absolute Gasteiger partial charge is 0.266 e. The summed E-state index contributed by atoms with van der Waals surface area (Å²) in [7, 11) is 0. The minimum atomic E-state index is -0.173. The molecule has 1 aliphatic heterocycles. The second-order valence-electron chi connectivity index (χ2n) is 6.75. The van der Waals surface area contributed by atoms with Gasteiger partial charge in [-0.15, -0.1) is 21.5 Å². The second-order valence-corrected chi connectivity index (χ2v) is 12.0. The van der Waals surface area contributed by atoms with E-state index in [4.69, 9.17) is 23.8 Å². The molecule has 0 saturated carbocycles. The van der Waals surface area contributed by atoms with E-state index < -0.39 is 0 Å². The third-order valence-electron chi connectivity index (χ3n) is 4.44. The average Bonchev–Trinajstić information content (AvgIpc) is 3.52. The highest BCUT2D eigenvalue weighted by Crippen LogP contribution is 2.33. The first kappa shape index (κ1) is 24.4. The van der Waals surface area contributed by atoms with Crippen molar-refractivity contribution < 1.29 is 9.59 Å². The van der Waals surface area contributed by atoms with Gasteiger partial charge in [-0.05, 0) is 35.6 Å². The summed E-state index contributed by atoms with van der Waals surface area (Å²) in [5.74, 6) is 0.393. The number of aromatic nitrogens is 2. The number of halogens is 1. The van der Waals surface area contributed by atoms with Crippen LogP contribution in [0.25, 0.3) is 6.08 Å². The predicted molar refractivity (Wildman–Crippen MR) is 143 cm³/mol. The van der Waals surface area contributed by atoms with Crippen molar-refractivity contribution in [2.45, 2.75) is 22.9 Å². The summed E-state index contributed by atoms with van der Waals surface area (Å²) in [6.45, 7) is 0.398. The van der Waals surface area contributed by atoms with E-state index in [9.17, 15) is 9.59 Å². The monoisotopic (exact) mass is 552 g/mol. The molecule has 2 amide bonds. The summed E-state index contributed by atoms with van der Waals surface area (Å²) >= 11 is 17.2. The Morgan fingerprint density at radius 3 is 2.88 bits per heavy atom. The number of thioether (sulfide) groups is 2. The number of nitrogens with zero attached hydrogens (tertiary/aromatic N) is 3. The first-order valence-corrected chi connectivity index (χ1v) is 14.1. The quantitative estimate of drug-likeness (QED) is 0.147. The lowest BCUT2D eigenvalue weighted by Gasteiger charge is -2.13. The fourth-order valence-electron chi connectivity index (χ4n) is 2.85. The molecule has 33 heavy (non-hydrogen) atoms. The molecule has 0 aliphatic carbocycles. The number of hydrogen-bond donors (Lipinski definition) is 1. The number of hydrogen-bond acceptors (Lipinski definition) is 9. The van der Waals surface area contributed by atoms with Gasteiger partial charge in [0.2, 0.25) is 11.0 Å². The normalized spacial score (nSPS) is 14.9. The molecule has 1 N–H and O–H groups in total. The summed E-state index contributed by atoms with van der Waals surface area (Å²) in [5.41, 5.74) is 1.02. The summed E-state index contributed by atoms with van der Waals surface area (Å²) in [6.07, 6.45) is 2.60. The van der Waals surface area contributed by atoms with E-state index >= 15 is 0 Å². The van der Waals surface area contributed by atoms with Gasteiger partial charge in [-0.25, -0.2) is 0 Å². The number of anilines is 1. The van der Waals surface area contributed by atoms with Gasteiger partial charge in [0.1, 0.15) is 4.32 Å². The Labute approximate surface area is 217 Å². The van der Waals surface area contributed by atoms with Gasteiger partial charge in [-0.1, -0.05) is 82.9 Å². The predicted octanol–water partition coefficient (Wildman–Crippen LogP) is 6.17. The summed E-state index contributed by atoms with van der Waals surface area (Å²) in [4.78, 5) is 28.1. The van der Waals surface area contributed by atoms with Gasteiger partial charge < -0.3 is 5.32 Å². The van der Waals surface area contributed by atoms with Crippen LogP contribution in [-0.4, -0.2) is 37.8 Å². The Morgan fingerprint density at radius 1 is 1.24 bits per heavy atom. The molecular formula is C21H17ClN4O2S5. The molecule has 1 saturated heterocycles. The van der Waals surface area contributed by atoms with Gasteiger partial charge in [0.25, 0.3) is 5.91 Å². The van der Waals surface area contributed by atoms with Crippen molar-refractivity contribution in [1.82, 2.24) is 15.1 Å². The zero-order valence-corrected chi connectivity index (χ0v) is 21.9. The van der Waals surface area contributed by atoms with Crippen molar-refractivity contribution in [3.8, 4) is 0 Å². The van der Waals surface area contributed by atoms with Crippen LogP contribution in [0.2, 0.25) is 5.02 Å². The van der Waals surface area contributed by atoms with Crippen LogP contribution in [0.1, 0.15) is 23.3 Å². The first-order chi connectivity index (χ1) is 16.0. The van der Waals surface area contributed by atoms with Crippen LogP contribution < -0.4 is 5.32 Å². The topological polar surface area (TPSA) is 75.2 Å². The molecule has 0 spiro atoms. The summed E-state index contributed by atoms with van der Waals surface area (Å²) in [6, 6.07) is 11.5. The molecule has 170 valence electrons. The largest absolute Gasteiger partial charge is 0.301 e. The number of thiophene rings is 1. The van der Waals surface area contributed by atoms with Crippen LogP contribution in [0.3, 0.4) is 0 Å². The number of amides is 2. The zero-order valence-electron chi connectivity index (χ0n) is 17.0. The van der Waals surface area contributed by atoms with Gasteiger partial charge in [0.15, 0.2) is 4.34 Å². The number of thiocarbonyl (C=S) groups is 1. The van der Waals surface area contributed by atoms with Crippen molar-refractivity contribution >= 4 is 97.4 Å². The number of benzene rings is 1. The number of nitrogens with one attached hydrogen (secondary N) is 1. The van der Waals surface area contributed by atoms with E-state index in [0.29, 0.717) is 38.1 Å². The Morgan fingerprint density at radius 2 is 2.09 bits per heavy atom. The molecule has 12 heteroatoms. The SMILES string of the molecule is O=C(CCCN1C(=O)/C(=C/c2cccs2)SC1=S)Nc1nnc(SCc2ccccc2Cl)s1. The molecule has 4 rings (SSSR count). The zero-order chi connectivity index (χ0) is 23.2. The van der Waals surface area contributed by atoms with Crippen molar-refractivity contribution in [2.24, 2.45) is 0 Å². The van der Waals surface area contributed by atoms with Crippen LogP contribution in [0.5, 0.6) is 0 Å². The molecule has 0 radical (unpaired) electrons. The average molecular weight is 553 g/mol. The Bertz CT molecular complexity index is 1190.